The van der Waals surface area contributed by atoms with E-state index < -0.39 is 0 Å². The van der Waals surface area contributed by atoms with Crippen molar-refractivity contribution in [3.05, 3.63) is 71.3 Å². The first-order valence-corrected chi connectivity index (χ1v) is 17.7. The molecule has 6 rings (SSSR count). The first-order chi connectivity index (χ1) is 23.1. The number of nitrogens with zero attached hydrogens (tertiary/aromatic N) is 12. The van der Waals surface area contributed by atoms with Crippen LogP contribution in [0.2, 0.25) is 0 Å². The Labute approximate surface area is 359 Å². The van der Waals surface area contributed by atoms with E-state index in [1.165, 1.54) is 0 Å². The predicted molar refractivity (Wildman–Crippen MR) is 205 cm³/mol. The zero-order chi connectivity index (χ0) is 38.5. The zero-order valence-electron chi connectivity index (χ0n) is 35.8. The van der Waals surface area contributed by atoms with Gasteiger partial charge < -0.3 is 37.2 Å². The maximum absolute atomic E-state index is 4.57. The van der Waals surface area contributed by atoms with Gasteiger partial charge in [0, 0.05) is 32.5 Å². The van der Waals surface area contributed by atoms with Gasteiger partial charge in [-0.3, -0.25) is 0 Å². The molecule has 0 atom stereocenters. The third kappa shape index (κ3) is 12.6. The Balaban J connectivity index is 0.000000767. The summed E-state index contributed by atoms with van der Waals surface area (Å²) in [5.74, 6) is 2.05. The summed E-state index contributed by atoms with van der Waals surface area (Å²) >= 11 is 0. The fourth-order valence-electron chi connectivity index (χ4n) is 5.19. The molecule has 0 radical (unpaired) electrons. The van der Waals surface area contributed by atoms with E-state index in [1.54, 1.807) is 19.0 Å². The smallest absolute Gasteiger partial charge is 1.00 e. The van der Waals surface area contributed by atoms with Crippen molar-refractivity contribution >= 4 is 17.3 Å². The van der Waals surface area contributed by atoms with Gasteiger partial charge in [-0.1, -0.05) is 125 Å². The molecule has 0 N–H and O–H groups in total. The van der Waals surface area contributed by atoms with E-state index >= 15 is 0 Å². The van der Waals surface area contributed by atoms with E-state index in [-0.39, 0.29) is 89.2 Å². The van der Waals surface area contributed by atoms with E-state index in [4.69, 9.17) is 0 Å². The molecule has 0 saturated heterocycles. The SMILES string of the molecule is CC(C)(C)c1cc(C(C)(C)C)n2ncnc2n1.CC(C)(C)c1cc(C(C)(C)C)n2ncnc2n1.CC(C)(C)c1cc(C(C)(C)C)n2ncnc2n1.[Cl-].[Cl-].[Cl-].[Ru+2]. The summed E-state index contributed by atoms with van der Waals surface area (Å²) in [5, 5.41) is 12.8. The quantitative estimate of drug-likeness (QED) is 0.180. The van der Waals surface area contributed by atoms with Crippen molar-refractivity contribution in [2.24, 2.45) is 0 Å². The molecule has 16 heteroatoms. The van der Waals surface area contributed by atoms with Crippen LogP contribution in [-0.2, 0) is 52.0 Å². The molecule has 6 heterocycles. The number of halogens is 3. The minimum Gasteiger partial charge on any atom is -1.00 e. The maximum atomic E-state index is 4.57. The zero-order valence-corrected chi connectivity index (χ0v) is 39.8. The van der Waals surface area contributed by atoms with Gasteiger partial charge >= 0.3 is 19.5 Å². The van der Waals surface area contributed by atoms with Crippen LogP contribution in [0, 0.1) is 0 Å². The van der Waals surface area contributed by atoms with E-state index in [9.17, 15) is 0 Å². The second kappa shape index (κ2) is 18.2. The van der Waals surface area contributed by atoms with Gasteiger partial charge in [0.05, 0.1) is 34.2 Å². The fraction of sp³-hybridized carbons (Fsp3) is 0.615. The Hall–Kier alpha value is -2.86. The molecular weight excluding hydrogens is 844 g/mol. The summed E-state index contributed by atoms with van der Waals surface area (Å²) in [6.07, 6.45) is 4.68. The normalized spacial score (nSPS) is 12.3. The van der Waals surface area contributed by atoms with E-state index in [0.717, 1.165) is 34.2 Å². The minimum absolute atomic E-state index is 0. The van der Waals surface area contributed by atoms with Gasteiger partial charge in [-0.05, 0) is 18.2 Å². The van der Waals surface area contributed by atoms with E-state index in [2.05, 4.69) is 188 Å². The van der Waals surface area contributed by atoms with Gasteiger partial charge in [0.15, 0.2) is 0 Å². The van der Waals surface area contributed by atoms with Crippen molar-refractivity contribution in [2.75, 3.05) is 0 Å². The summed E-state index contributed by atoms with van der Waals surface area (Å²) in [4.78, 5) is 26.3. The molecule has 306 valence electrons. The summed E-state index contributed by atoms with van der Waals surface area (Å²) < 4.78 is 5.49. The first kappa shape index (κ1) is 52.1. The Kier molecular flexibility index (Phi) is 17.2. The van der Waals surface area contributed by atoms with Crippen LogP contribution in [0.5, 0.6) is 0 Å². The van der Waals surface area contributed by atoms with Crippen LogP contribution >= 0.6 is 0 Å². The summed E-state index contributed by atoms with van der Waals surface area (Å²) in [7, 11) is 0. The summed E-state index contributed by atoms with van der Waals surface area (Å²) in [6.45, 7) is 39.0. The second-order valence-corrected chi connectivity index (χ2v) is 19.5. The monoisotopic (exact) mass is 903 g/mol. The number of hydrogen-bond acceptors (Lipinski definition) is 9. The molecule has 12 nitrogen and oxygen atoms in total. The Morgan fingerprint density at radius 3 is 0.709 bits per heavy atom. The maximum Gasteiger partial charge on any atom is 2.00 e. The number of fused-ring (bicyclic) bond motifs is 3. The van der Waals surface area contributed by atoms with Crippen LogP contribution in [0.25, 0.3) is 17.3 Å². The van der Waals surface area contributed by atoms with Crippen molar-refractivity contribution in [1.29, 1.82) is 0 Å². The van der Waals surface area contributed by atoms with Crippen LogP contribution in [-0.4, -0.2) is 58.7 Å². The van der Waals surface area contributed by atoms with Gasteiger partial charge in [-0.15, -0.1) is 0 Å². The van der Waals surface area contributed by atoms with Gasteiger partial charge in [-0.25, -0.2) is 28.5 Å². The van der Waals surface area contributed by atoms with Crippen molar-refractivity contribution in [3.8, 4) is 0 Å². The molecule has 0 bridgehead atoms. The van der Waals surface area contributed by atoms with E-state index in [1.807, 2.05) is 13.5 Å². The van der Waals surface area contributed by atoms with Gasteiger partial charge in [0.1, 0.15) is 19.0 Å². The molecule has 0 unspecified atom stereocenters. The van der Waals surface area contributed by atoms with Crippen LogP contribution in [0.1, 0.15) is 159 Å². The Morgan fingerprint density at radius 1 is 0.345 bits per heavy atom. The molecular formula is C39H60Cl3N12Ru-. The standard InChI is InChI=1S/3C13H20N4.3ClH.Ru/c3*1-12(2,3)9-7-10(13(4,5)6)17-11(16-9)14-8-15-17;;;;/h3*7-8H,1-6H3;3*1H;/q;;;;;;+2/p-3. The Morgan fingerprint density at radius 2 is 0.545 bits per heavy atom. The molecule has 0 aliphatic rings. The van der Waals surface area contributed by atoms with Crippen LogP contribution in [0.4, 0.5) is 0 Å². The van der Waals surface area contributed by atoms with Gasteiger partial charge in [0.25, 0.3) is 17.3 Å². The summed E-state index contributed by atoms with van der Waals surface area (Å²) in [5.41, 5.74) is 6.74. The number of hydrogen-bond donors (Lipinski definition) is 0. The third-order valence-corrected chi connectivity index (χ3v) is 8.37. The average molecular weight is 904 g/mol. The molecule has 6 aromatic heterocycles. The molecule has 6 aromatic rings. The van der Waals surface area contributed by atoms with Crippen molar-refractivity contribution < 1.29 is 56.7 Å². The number of aromatic nitrogens is 12. The summed E-state index contributed by atoms with van der Waals surface area (Å²) in [6, 6.07) is 6.42. The van der Waals surface area contributed by atoms with E-state index in [0.29, 0.717) is 17.3 Å². The number of rotatable bonds is 0. The molecule has 0 aliphatic heterocycles. The van der Waals surface area contributed by atoms with Crippen LogP contribution in [0.3, 0.4) is 0 Å². The predicted octanol–water partition coefficient (Wildman–Crippen LogP) is -0.833. The molecule has 0 aliphatic carbocycles. The molecule has 0 fully saturated rings. The molecule has 0 aromatic carbocycles. The van der Waals surface area contributed by atoms with Gasteiger partial charge in [0.2, 0.25) is 0 Å². The minimum atomic E-state index is 0. The van der Waals surface area contributed by atoms with Gasteiger partial charge in [-0.2, -0.15) is 30.2 Å². The largest absolute Gasteiger partial charge is 2.00 e. The topological polar surface area (TPSA) is 129 Å². The Bertz CT molecular complexity index is 1890. The average Bonchev–Trinajstić information content (AvgIpc) is 3.73. The van der Waals surface area contributed by atoms with Crippen LogP contribution in [0.15, 0.2) is 37.2 Å². The van der Waals surface area contributed by atoms with Crippen molar-refractivity contribution in [3.63, 3.8) is 0 Å². The fourth-order valence-corrected chi connectivity index (χ4v) is 5.19. The molecule has 0 amide bonds. The first-order valence-electron chi connectivity index (χ1n) is 17.7. The third-order valence-electron chi connectivity index (χ3n) is 8.37. The van der Waals surface area contributed by atoms with Crippen molar-refractivity contribution in [2.45, 2.75) is 157 Å². The molecule has 0 spiro atoms. The molecule has 0 saturated carbocycles. The van der Waals surface area contributed by atoms with Crippen LogP contribution < -0.4 is 37.2 Å². The van der Waals surface area contributed by atoms with Crippen molar-refractivity contribution in [1.82, 2.24) is 58.7 Å². The molecule has 55 heavy (non-hydrogen) atoms. The second-order valence-electron chi connectivity index (χ2n) is 19.5.